The highest BCUT2D eigenvalue weighted by Crippen LogP contribution is 2.43. The van der Waals surface area contributed by atoms with Crippen molar-refractivity contribution >= 4 is 5.82 Å². The van der Waals surface area contributed by atoms with Crippen LogP contribution in [0.3, 0.4) is 0 Å². The summed E-state index contributed by atoms with van der Waals surface area (Å²) in [5.74, 6) is 0.955. The maximum atomic E-state index is 6.09. The Morgan fingerprint density at radius 3 is 3.08 bits per heavy atom. The third-order valence-corrected chi connectivity index (χ3v) is 5.77. The molecule has 0 bridgehead atoms. The molecule has 1 N–H and O–H groups in total. The van der Waals surface area contributed by atoms with Crippen molar-refractivity contribution in [3.8, 4) is 0 Å². The van der Waals surface area contributed by atoms with Crippen LogP contribution in [0.1, 0.15) is 30.7 Å². The van der Waals surface area contributed by atoms with Crippen LogP contribution in [0.4, 0.5) is 5.82 Å². The Hall–Kier alpha value is -1.98. The third-order valence-electron chi connectivity index (χ3n) is 5.77. The van der Waals surface area contributed by atoms with Crippen LogP contribution < -0.4 is 5.32 Å². The Kier molecular flexibility index (Phi) is 5.18. The number of hydrogen-bond acceptors (Lipinski definition) is 5. The minimum atomic E-state index is 0.254. The largest absolute Gasteiger partial charge is 0.378 e. The molecule has 4 rings (SSSR count). The summed E-state index contributed by atoms with van der Waals surface area (Å²) in [6, 6.07) is 12.3. The van der Waals surface area contributed by atoms with E-state index in [1.54, 1.807) is 0 Å². The second-order valence-electron chi connectivity index (χ2n) is 7.63. The van der Waals surface area contributed by atoms with Gasteiger partial charge >= 0.3 is 0 Å². The van der Waals surface area contributed by atoms with Crippen LogP contribution in [0.15, 0.2) is 42.6 Å². The van der Waals surface area contributed by atoms with Crippen molar-refractivity contribution in [3.05, 3.63) is 54.0 Å². The first-order chi connectivity index (χ1) is 12.7. The van der Waals surface area contributed by atoms with Crippen LogP contribution in [0.5, 0.6) is 0 Å². The van der Waals surface area contributed by atoms with E-state index >= 15 is 0 Å². The summed E-state index contributed by atoms with van der Waals surface area (Å²) >= 11 is 0. The molecule has 2 fully saturated rings. The van der Waals surface area contributed by atoms with Crippen molar-refractivity contribution < 1.29 is 4.74 Å². The van der Waals surface area contributed by atoms with Crippen molar-refractivity contribution in [2.24, 2.45) is 5.41 Å². The molecule has 0 amide bonds. The van der Waals surface area contributed by atoms with Gasteiger partial charge in [-0.1, -0.05) is 12.1 Å². The van der Waals surface area contributed by atoms with E-state index in [-0.39, 0.29) is 5.41 Å². The van der Waals surface area contributed by atoms with Gasteiger partial charge in [-0.25, -0.2) is 4.98 Å². The first-order valence-corrected chi connectivity index (χ1v) is 9.65. The number of nitrogens with zero attached hydrogens (tertiary/aromatic N) is 3. The van der Waals surface area contributed by atoms with Gasteiger partial charge in [-0.3, -0.25) is 9.88 Å². The molecular weight excluding hydrogens is 324 g/mol. The Balaban J connectivity index is 1.39. The van der Waals surface area contributed by atoms with Gasteiger partial charge in [0.1, 0.15) is 5.82 Å². The van der Waals surface area contributed by atoms with Gasteiger partial charge in [0, 0.05) is 50.1 Å². The highest BCUT2D eigenvalue weighted by Gasteiger charge is 2.47. The molecule has 138 valence electrons. The van der Waals surface area contributed by atoms with Crippen LogP contribution in [-0.2, 0) is 11.3 Å². The van der Waals surface area contributed by atoms with E-state index in [1.807, 2.05) is 24.4 Å². The van der Waals surface area contributed by atoms with Gasteiger partial charge in [0.2, 0.25) is 0 Å². The van der Waals surface area contributed by atoms with Crippen molar-refractivity contribution in [2.45, 2.75) is 38.8 Å². The molecule has 26 heavy (non-hydrogen) atoms. The molecule has 2 aliphatic rings. The van der Waals surface area contributed by atoms with Crippen molar-refractivity contribution in [1.82, 2.24) is 14.9 Å². The Labute approximate surface area is 155 Å². The SMILES string of the molecule is Cc1cccc(CN2CC[C@H]3OCC[C@@]3(CCNc3ccccn3)C2)n1. The third kappa shape index (κ3) is 3.89. The van der Waals surface area contributed by atoms with E-state index in [0.717, 1.165) is 63.6 Å². The molecular formula is C21H28N4O. The quantitative estimate of drug-likeness (QED) is 0.865. The predicted molar refractivity (Wildman–Crippen MR) is 103 cm³/mol. The van der Waals surface area contributed by atoms with Crippen LogP contribution >= 0.6 is 0 Å². The molecule has 0 unspecified atom stereocenters. The van der Waals surface area contributed by atoms with Crippen LogP contribution in [0.2, 0.25) is 0 Å². The average Bonchev–Trinajstić information content (AvgIpc) is 3.06. The van der Waals surface area contributed by atoms with Gasteiger partial charge in [-0.05, 0) is 50.5 Å². The lowest BCUT2D eigenvalue weighted by molar-refractivity contribution is -0.0231. The molecule has 2 aliphatic heterocycles. The lowest BCUT2D eigenvalue weighted by Gasteiger charge is -2.44. The fraction of sp³-hybridized carbons (Fsp3) is 0.524. The van der Waals surface area contributed by atoms with E-state index in [1.165, 1.54) is 5.69 Å². The van der Waals surface area contributed by atoms with Gasteiger partial charge < -0.3 is 10.1 Å². The van der Waals surface area contributed by atoms with Crippen LogP contribution in [0.25, 0.3) is 0 Å². The average molecular weight is 352 g/mol. The Morgan fingerprint density at radius 1 is 1.27 bits per heavy atom. The molecule has 0 spiro atoms. The lowest BCUT2D eigenvalue weighted by Crippen LogP contribution is -2.50. The van der Waals surface area contributed by atoms with E-state index in [9.17, 15) is 0 Å². The van der Waals surface area contributed by atoms with E-state index in [4.69, 9.17) is 4.74 Å². The topological polar surface area (TPSA) is 50.3 Å². The zero-order valence-corrected chi connectivity index (χ0v) is 15.5. The summed E-state index contributed by atoms with van der Waals surface area (Å²) in [6.07, 6.45) is 5.62. The number of piperidine rings is 1. The lowest BCUT2D eigenvalue weighted by atomic mass is 9.74. The zero-order chi connectivity index (χ0) is 17.8. The van der Waals surface area contributed by atoms with E-state index in [0.29, 0.717) is 6.10 Å². The molecule has 5 nitrogen and oxygen atoms in total. The first-order valence-electron chi connectivity index (χ1n) is 9.65. The second-order valence-corrected chi connectivity index (χ2v) is 7.63. The van der Waals surface area contributed by atoms with Gasteiger partial charge in [-0.15, -0.1) is 0 Å². The molecule has 2 atom stereocenters. The Morgan fingerprint density at radius 2 is 2.23 bits per heavy atom. The van der Waals surface area contributed by atoms with Crippen molar-refractivity contribution in [1.29, 1.82) is 0 Å². The summed E-state index contributed by atoms with van der Waals surface area (Å²) in [5.41, 5.74) is 2.52. The summed E-state index contributed by atoms with van der Waals surface area (Å²) < 4.78 is 6.09. The number of ether oxygens (including phenoxy) is 1. The maximum absolute atomic E-state index is 6.09. The number of likely N-dealkylation sites (tertiary alicyclic amines) is 1. The fourth-order valence-corrected chi connectivity index (χ4v) is 4.46. The van der Waals surface area contributed by atoms with Gasteiger partial charge in [0.25, 0.3) is 0 Å². The molecule has 2 aromatic heterocycles. The van der Waals surface area contributed by atoms with Gasteiger partial charge in [0.05, 0.1) is 11.8 Å². The highest BCUT2D eigenvalue weighted by molar-refractivity contribution is 5.32. The zero-order valence-electron chi connectivity index (χ0n) is 15.5. The van der Waals surface area contributed by atoms with Crippen LogP contribution in [0, 0.1) is 12.3 Å². The fourth-order valence-electron chi connectivity index (χ4n) is 4.46. The minimum Gasteiger partial charge on any atom is -0.378 e. The summed E-state index contributed by atoms with van der Waals surface area (Å²) in [6.45, 7) is 7.01. The summed E-state index contributed by atoms with van der Waals surface area (Å²) in [4.78, 5) is 11.6. The molecule has 2 aromatic rings. The number of rotatable bonds is 6. The predicted octanol–water partition coefficient (Wildman–Crippen LogP) is 3.27. The van der Waals surface area contributed by atoms with Crippen molar-refractivity contribution in [3.63, 3.8) is 0 Å². The van der Waals surface area contributed by atoms with Gasteiger partial charge in [0.15, 0.2) is 0 Å². The molecule has 5 heteroatoms. The number of aromatic nitrogens is 2. The number of aryl methyl sites for hydroxylation is 1. The van der Waals surface area contributed by atoms with Crippen LogP contribution in [-0.4, -0.2) is 47.2 Å². The summed E-state index contributed by atoms with van der Waals surface area (Å²) in [5, 5.41) is 3.47. The van der Waals surface area contributed by atoms with Gasteiger partial charge in [-0.2, -0.15) is 0 Å². The van der Waals surface area contributed by atoms with E-state index < -0.39 is 0 Å². The van der Waals surface area contributed by atoms with Crippen molar-refractivity contribution in [2.75, 3.05) is 31.6 Å². The minimum absolute atomic E-state index is 0.254. The molecule has 0 aliphatic carbocycles. The normalized spacial score (nSPS) is 25.8. The smallest absolute Gasteiger partial charge is 0.125 e. The molecule has 0 aromatic carbocycles. The number of anilines is 1. The molecule has 4 heterocycles. The maximum Gasteiger partial charge on any atom is 0.125 e. The molecule has 2 saturated heterocycles. The van der Waals surface area contributed by atoms with E-state index in [2.05, 4.69) is 45.3 Å². The number of nitrogens with one attached hydrogen (secondary N) is 1. The molecule has 0 radical (unpaired) electrons. The monoisotopic (exact) mass is 352 g/mol. The molecule has 0 saturated carbocycles. The Bertz CT molecular complexity index is 723. The number of pyridine rings is 2. The number of fused-ring (bicyclic) bond motifs is 1. The number of hydrogen-bond donors (Lipinski definition) is 1. The standard InChI is InChI=1S/C21H28N4O/c1-17-5-4-6-18(24-17)15-25-13-8-19-21(16-25,10-14-26-19)9-12-23-20-7-2-3-11-22-20/h2-7,11,19H,8-10,12-16H2,1H3,(H,22,23)/t19-,21+/m1/s1. The highest BCUT2D eigenvalue weighted by atomic mass is 16.5. The summed E-state index contributed by atoms with van der Waals surface area (Å²) in [7, 11) is 0. The first kappa shape index (κ1) is 17.4. The second kappa shape index (κ2) is 7.72.